The number of rotatable bonds is 1. The molecule has 4 fully saturated rings. The van der Waals surface area contributed by atoms with Gasteiger partial charge in [0.2, 0.25) is 0 Å². The van der Waals surface area contributed by atoms with Gasteiger partial charge in [0.25, 0.3) is 0 Å². The van der Waals surface area contributed by atoms with E-state index in [2.05, 4.69) is 54.5 Å². The zero-order valence-electron chi connectivity index (χ0n) is 22.2. The molecule has 0 unspecified atom stereocenters. The van der Waals surface area contributed by atoms with E-state index in [0.29, 0.717) is 23.7 Å². The second-order valence-corrected chi connectivity index (χ2v) is 14.5. The van der Waals surface area contributed by atoms with E-state index < -0.39 is 11.4 Å². The second kappa shape index (κ2) is 7.11. The molecule has 0 spiro atoms. The van der Waals surface area contributed by atoms with Crippen molar-refractivity contribution in [3.63, 3.8) is 0 Å². The van der Waals surface area contributed by atoms with Crippen LogP contribution in [0.3, 0.4) is 0 Å². The SMILES string of the molecule is C[C@H]1[C@H](C)CC[C@]2(C(=O)O)CC[C@]3(C)C(=CC[C@@H]4[C@]5(C)CC[C@H](O)C(C)(C)[C@@H]5CC[C@@]43C)[C@H]12. The number of hydrogen-bond donors (Lipinski definition) is 2. The van der Waals surface area contributed by atoms with Gasteiger partial charge >= 0.3 is 5.97 Å². The fraction of sp³-hybridized carbons (Fsp3) is 0.900. The van der Waals surface area contributed by atoms with Crippen LogP contribution in [0.2, 0.25) is 0 Å². The highest BCUT2D eigenvalue weighted by Gasteiger charge is 2.69. The molecule has 3 heteroatoms. The Hall–Kier alpha value is -0.830. The van der Waals surface area contributed by atoms with Crippen LogP contribution in [0.1, 0.15) is 106 Å². The Morgan fingerprint density at radius 2 is 1.61 bits per heavy atom. The normalized spacial score (nSPS) is 55.3. The number of aliphatic hydroxyl groups excluding tert-OH is 1. The van der Waals surface area contributed by atoms with E-state index in [1.54, 1.807) is 0 Å². The first-order chi connectivity index (χ1) is 15.3. The quantitative estimate of drug-likeness (QED) is 0.414. The van der Waals surface area contributed by atoms with Crippen molar-refractivity contribution < 1.29 is 15.0 Å². The molecule has 4 saturated carbocycles. The lowest BCUT2D eigenvalue weighted by Crippen LogP contribution is -2.65. The predicted molar refractivity (Wildman–Crippen MR) is 133 cm³/mol. The third-order valence-corrected chi connectivity index (χ3v) is 13.4. The third-order valence-electron chi connectivity index (χ3n) is 13.4. The van der Waals surface area contributed by atoms with E-state index in [0.717, 1.165) is 44.9 Å². The Labute approximate surface area is 201 Å². The number of carboxylic acid groups (broad SMARTS) is 1. The van der Waals surface area contributed by atoms with E-state index in [1.807, 2.05) is 0 Å². The van der Waals surface area contributed by atoms with E-state index in [4.69, 9.17) is 0 Å². The molecule has 0 radical (unpaired) electrons. The van der Waals surface area contributed by atoms with Crippen molar-refractivity contribution in [1.29, 1.82) is 0 Å². The maximum Gasteiger partial charge on any atom is 0.310 e. The van der Waals surface area contributed by atoms with Gasteiger partial charge in [-0.25, -0.2) is 0 Å². The van der Waals surface area contributed by atoms with Crippen LogP contribution < -0.4 is 0 Å². The first-order valence-electron chi connectivity index (χ1n) is 13.9. The zero-order valence-corrected chi connectivity index (χ0v) is 22.2. The molecular weight excluding hydrogens is 408 g/mol. The minimum Gasteiger partial charge on any atom is -0.481 e. The minimum atomic E-state index is -0.557. The number of allylic oxidation sites excluding steroid dienone is 2. The van der Waals surface area contributed by atoms with Crippen LogP contribution in [0.4, 0.5) is 0 Å². The number of carboxylic acids is 1. The molecule has 5 aliphatic carbocycles. The lowest BCUT2D eigenvalue weighted by Gasteiger charge is -2.71. The van der Waals surface area contributed by atoms with E-state index >= 15 is 0 Å². The molecular formula is C30H48O3. The first-order valence-corrected chi connectivity index (χ1v) is 13.9. The smallest absolute Gasteiger partial charge is 0.310 e. The van der Waals surface area contributed by atoms with Gasteiger partial charge in [0.05, 0.1) is 11.5 Å². The second-order valence-electron chi connectivity index (χ2n) is 14.5. The van der Waals surface area contributed by atoms with Crippen molar-refractivity contribution in [3.05, 3.63) is 11.6 Å². The molecule has 10 atom stereocenters. The highest BCUT2D eigenvalue weighted by molar-refractivity contribution is 5.76. The number of carbonyl (C=O) groups is 1. The molecule has 186 valence electrons. The summed E-state index contributed by atoms with van der Waals surface area (Å²) in [5, 5.41) is 21.4. The van der Waals surface area contributed by atoms with E-state index in [1.165, 1.54) is 18.4 Å². The van der Waals surface area contributed by atoms with Crippen LogP contribution in [-0.4, -0.2) is 22.3 Å². The van der Waals surface area contributed by atoms with Gasteiger partial charge in [-0.1, -0.05) is 60.1 Å². The van der Waals surface area contributed by atoms with Gasteiger partial charge in [0.1, 0.15) is 0 Å². The Kier molecular flexibility index (Phi) is 5.15. The average molecular weight is 457 g/mol. The molecule has 0 aliphatic heterocycles. The molecule has 5 aliphatic rings. The number of aliphatic hydroxyl groups is 1. The van der Waals surface area contributed by atoms with Gasteiger partial charge in [-0.3, -0.25) is 4.79 Å². The fourth-order valence-electron chi connectivity index (χ4n) is 10.8. The van der Waals surface area contributed by atoms with Crippen molar-refractivity contribution in [1.82, 2.24) is 0 Å². The molecule has 0 amide bonds. The minimum absolute atomic E-state index is 0.0302. The maximum atomic E-state index is 12.8. The summed E-state index contributed by atoms with van der Waals surface area (Å²) < 4.78 is 0. The van der Waals surface area contributed by atoms with Crippen LogP contribution in [0.15, 0.2) is 11.6 Å². The van der Waals surface area contributed by atoms with Crippen molar-refractivity contribution in [2.75, 3.05) is 0 Å². The summed E-state index contributed by atoms with van der Waals surface area (Å²) in [7, 11) is 0. The predicted octanol–water partition coefficient (Wildman–Crippen LogP) is 7.09. The Balaban J connectivity index is 1.61. The number of hydrogen-bond acceptors (Lipinski definition) is 2. The summed E-state index contributed by atoms with van der Waals surface area (Å²) in [6.07, 6.45) is 11.6. The lowest BCUT2D eigenvalue weighted by molar-refractivity contribution is -0.206. The first kappa shape index (κ1) is 23.9. The number of aliphatic carboxylic acids is 1. The highest BCUT2D eigenvalue weighted by Crippen LogP contribution is 2.75. The van der Waals surface area contributed by atoms with E-state index in [9.17, 15) is 15.0 Å². The lowest BCUT2D eigenvalue weighted by atomic mass is 9.33. The van der Waals surface area contributed by atoms with Crippen LogP contribution in [0.5, 0.6) is 0 Å². The van der Waals surface area contributed by atoms with Crippen LogP contribution >= 0.6 is 0 Å². The highest BCUT2D eigenvalue weighted by atomic mass is 16.4. The standard InChI is InChI=1S/C30H48O3/c1-18-10-15-30(25(32)33)17-16-28(6)20(24(30)19(18)2)8-9-22-27(5)13-12-23(31)26(3,4)21(27)11-14-29(22,28)7/h8,18-19,21-24,31H,9-17H2,1-7H3,(H,32,33)/t18-,19+,21+,22-,23+,24+,27-,28-,29+,30+/m1/s1. The molecule has 0 aromatic carbocycles. The molecule has 0 aromatic heterocycles. The summed E-state index contributed by atoms with van der Waals surface area (Å²) in [5.74, 6) is 1.82. The summed E-state index contributed by atoms with van der Waals surface area (Å²) in [4.78, 5) is 12.8. The van der Waals surface area contributed by atoms with Crippen molar-refractivity contribution in [2.45, 2.75) is 112 Å². The molecule has 0 aromatic rings. The topological polar surface area (TPSA) is 57.5 Å². The number of fused-ring (bicyclic) bond motifs is 7. The van der Waals surface area contributed by atoms with Crippen LogP contribution in [0.25, 0.3) is 0 Å². The molecule has 2 N–H and O–H groups in total. The molecule has 0 saturated heterocycles. The van der Waals surface area contributed by atoms with Gasteiger partial charge in [-0.2, -0.15) is 0 Å². The summed E-state index contributed by atoms with van der Waals surface area (Å²) in [5.41, 5.74) is 1.46. The zero-order chi connectivity index (χ0) is 24.2. The van der Waals surface area contributed by atoms with Crippen molar-refractivity contribution in [3.8, 4) is 0 Å². The van der Waals surface area contributed by atoms with Gasteiger partial charge < -0.3 is 10.2 Å². The van der Waals surface area contributed by atoms with Gasteiger partial charge in [-0.15, -0.1) is 0 Å². The molecule has 33 heavy (non-hydrogen) atoms. The van der Waals surface area contributed by atoms with Crippen LogP contribution in [-0.2, 0) is 4.79 Å². The molecule has 5 rings (SSSR count). The Morgan fingerprint density at radius 1 is 0.909 bits per heavy atom. The largest absolute Gasteiger partial charge is 0.481 e. The third kappa shape index (κ3) is 2.75. The molecule has 0 bridgehead atoms. The van der Waals surface area contributed by atoms with Crippen molar-refractivity contribution in [2.24, 2.45) is 56.7 Å². The van der Waals surface area contributed by atoms with Crippen LogP contribution in [0, 0.1) is 56.7 Å². The maximum absolute atomic E-state index is 12.8. The van der Waals surface area contributed by atoms with Gasteiger partial charge in [0, 0.05) is 0 Å². The summed E-state index contributed by atoms with van der Waals surface area (Å²) >= 11 is 0. The fourth-order valence-corrected chi connectivity index (χ4v) is 10.8. The van der Waals surface area contributed by atoms with Crippen molar-refractivity contribution >= 4 is 5.97 Å². The van der Waals surface area contributed by atoms with Gasteiger partial charge in [0.15, 0.2) is 0 Å². The monoisotopic (exact) mass is 456 g/mol. The molecule has 3 nitrogen and oxygen atoms in total. The summed E-state index contributed by atoms with van der Waals surface area (Å²) in [6, 6.07) is 0. The Morgan fingerprint density at radius 3 is 2.27 bits per heavy atom. The summed E-state index contributed by atoms with van der Waals surface area (Å²) in [6.45, 7) is 17.0. The van der Waals surface area contributed by atoms with Gasteiger partial charge in [-0.05, 0) is 109 Å². The van der Waals surface area contributed by atoms with E-state index in [-0.39, 0.29) is 33.7 Å². The molecule has 0 heterocycles. The average Bonchev–Trinajstić information content (AvgIpc) is 2.74. The Bertz CT molecular complexity index is 874.